The highest BCUT2D eigenvalue weighted by molar-refractivity contribution is 7.91. The van der Waals surface area contributed by atoms with E-state index in [1.54, 1.807) is 5.48 Å². The average Bonchev–Trinajstić information content (AvgIpc) is 2.70. The van der Waals surface area contributed by atoms with Crippen molar-refractivity contribution in [2.24, 2.45) is 5.92 Å². The van der Waals surface area contributed by atoms with Gasteiger partial charge in [-0.1, -0.05) is 46.0 Å². The van der Waals surface area contributed by atoms with Gasteiger partial charge < -0.3 is 4.74 Å². The predicted octanol–water partition coefficient (Wildman–Crippen LogP) is 3.47. The molecular formula is C20H40N2O5S. The van der Waals surface area contributed by atoms with E-state index in [-0.39, 0.29) is 12.8 Å². The minimum atomic E-state index is -3.84. The standard InChI is InChI=1S/C20H40N2O5S/c1-4-13-20(14-5-2,19(23)21-24)28(25,26)22-15-11-18(12-16-22)10-8-7-9-17-27-6-3/h18,24H,4-17H2,1-3H3,(H,21,23). The lowest BCUT2D eigenvalue weighted by Gasteiger charge is -2.39. The van der Waals surface area contributed by atoms with Crippen LogP contribution in [0.4, 0.5) is 0 Å². The molecule has 1 fully saturated rings. The fourth-order valence-corrected chi connectivity index (χ4v) is 6.67. The maximum atomic E-state index is 13.4. The Morgan fingerprint density at radius 3 is 2.21 bits per heavy atom. The minimum Gasteiger partial charge on any atom is -0.382 e. The van der Waals surface area contributed by atoms with E-state index in [4.69, 9.17) is 4.74 Å². The van der Waals surface area contributed by atoms with Gasteiger partial charge in [0.25, 0.3) is 5.91 Å². The Labute approximate surface area is 171 Å². The molecule has 0 aliphatic carbocycles. The zero-order valence-corrected chi connectivity index (χ0v) is 18.7. The van der Waals surface area contributed by atoms with Crippen molar-refractivity contribution in [1.29, 1.82) is 0 Å². The van der Waals surface area contributed by atoms with Crippen molar-refractivity contribution in [1.82, 2.24) is 9.79 Å². The molecule has 1 aliphatic rings. The molecule has 0 saturated carbocycles. The van der Waals surface area contributed by atoms with E-state index in [0.717, 1.165) is 51.7 Å². The van der Waals surface area contributed by atoms with E-state index < -0.39 is 20.7 Å². The number of nitrogens with one attached hydrogen (secondary N) is 1. The minimum absolute atomic E-state index is 0.218. The van der Waals surface area contributed by atoms with E-state index in [1.165, 1.54) is 4.31 Å². The largest absolute Gasteiger partial charge is 0.382 e. The average molecular weight is 421 g/mol. The molecule has 1 heterocycles. The summed E-state index contributed by atoms with van der Waals surface area (Å²) in [4.78, 5) is 12.4. The molecule has 1 rings (SSSR count). The molecule has 8 heteroatoms. The lowest BCUT2D eigenvalue weighted by molar-refractivity contribution is -0.132. The number of piperidine rings is 1. The molecule has 0 radical (unpaired) electrons. The first-order valence-corrected chi connectivity index (χ1v) is 12.4. The Morgan fingerprint density at radius 1 is 1.11 bits per heavy atom. The molecule has 0 bridgehead atoms. The second kappa shape index (κ2) is 12.8. The molecule has 0 atom stereocenters. The molecule has 0 spiro atoms. The number of hydrogen-bond donors (Lipinski definition) is 2. The van der Waals surface area contributed by atoms with Gasteiger partial charge in [-0.25, -0.2) is 18.2 Å². The smallest absolute Gasteiger partial charge is 0.266 e. The number of sulfonamides is 1. The molecule has 0 unspecified atom stereocenters. The number of hydrogen-bond acceptors (Lipinski definition) is 5. The molecule has 7 nitrogen and oxygen atoms in total. The Balaban J connectivity index is 2.68. The molecule has 1 aliphatic heterocycles. The van der Waals surface area contributed by atoms with Crippen LogP contribution in [0.3, 0.4) is 0 Å². The first kappa shape index (κ1) is 25.3. The molecule has 0 aromatic carbocycles. The second-order valence-electron chi connectivity index (χ2n) is 7.83. The van der Waals surface area contributed by atoms with Crippen molar-refractivity contribution >= 4 is 15.9 Å². The Hall–Kier alpha value is -0.700. The normalized spacial score (nSPS) is 17.0. The summed E-state index contributed by atoms with van der Waals surface area (Å²) in [7, 11) is -3.84. The third kappa shape index (κ3) is 6.40. The fourth-order valence-electron chi connectivity index (χ4n) is 4.28. The highest BCUT2D eigenvalue weighted by atomic mass is 32.2. The van der Waals surface area contributed by atoms with Gasteiger partial charge in [-0.05, 0) is 44.9 Å². The van der Waals surface area contributed by atoms with Gasteiger partial charge in [0, 0.05) is 26.3 Å². The van der Waals surface area contributed by atoms with Gasteiger partial charge in [-0.2, -0.15) is 0 Å². The lowest BCUT2D eigenvalue weighted by Crippen LogP contribution is -2.58. The number of unbranched alkanes of at least 4 members (excludes halogenated alkanes) is 2. The van der Waals surface area contributed by atoms with Crippen molar-refractivity contribution < 1.29 is 23.2 Å². The van der Waals surface area contributed by atoms with Crippen molar-refractivity contribution in [3.05, 3.63) is 0 Å². The summed E-state index contributed by atoms with van der Waals surface area (Å²) in [6, 6.07) is 0. The molecule has 28 heavy (non-hydrogen) atoms. The van der Waals surface area contributed by atoms with Gasteiger partial charge in [-0.3, -0.25) is 10.0 Å². The molecule has 0 aromatic heterocycles. The monoisotopic (exact) mass is 420 g/mol. The Bertz CT molecular complexity index is 539. The summed E-state index contributed by atoms with van der Waals surface area (Å²) in [5, 5.41) is 9.21. The van der Waals surface area contributed by atoms with E-state index in [9.17, 15) is 18.4 Å². The van der Waals surface area contributed by atoms with Gasteiger partial charge in [0.2, 0.25) is 10.0 Å². The molecule has 1 saturated heterocycles. The van der Waals surface area contributed by atoms with Crippen LogP contribution in [0.15, 0.2) is 0 Å². The van der Waals surface area contributed by atoms with Crippen LogP contribution in [0.5, 0.6) is 0 Å². The van der Waals surface area contributed by atoms with Crippen molar-refractivity contribution in [3.63, 3.8) is 0 Å². The SMILES string of the molecule is CCCC(CCC)(C(=O)NO)S(=O)(=O)N1CCC(CCCCCOCC)CC1. The summed E-state index contributed by atoms with van der Waals surface area (Å²) in [5.74, 6) is -0.260. The number of carbonyl (C=O) groups is 1. The Morgan fingerprint density at radius 2 is 1.71 bits per heavy atom. The number of hydroxylamine groups is 1. The summed E-state index contributed by atoms with van der Waals surface area (Å²) >= 11 is 0. The van der Waals surface area contributed by atoms with E-state index in [0.29, 0.717) is 31.8 Å². The van der Waals surface area contributed by atoms with Crippen molar-refractivity contribution in [2.75, 3.05) is 26.3 Å². The van der Waals surface area contributed by atoms with Crippen LogP contribution >= 0.6 is 0 Å². The van der Waals surface area contributed by atoms with Crippen LogP contribution in [0, 0.1) is 5.92 Å². The molecule has 1 amide bonds. The second-order valence-corrected chi connectivity index (χ2v) is 10.1. The van der Waals surface area contributed by atoms with Crippen LogP contribution < -0.4 is 5.48 Å². The molecule has 0 aromatic rings. The number of nitrogens with zero attached hydrogens (tertiary/aromatic N) is 1. The first-order valence-electron chi connectivity index (χ1n) is 10.9. The summed E-state index contributed by atoms with van der Waals surface area (Å²) in [6.45, 7) is 8.22. The van der Waals surface area contributed by atoms with E-state index >= 15 is 0 Å². The van der Waals surface area contributed by atoms with Crippen LogP contribution in [0.2, 0.25) is 0 Å². The predicted molar refractivity (Wildman–Crippen MR) is 111 cm³/mol. The van der Waals surface area contributed by atoms with E-state index in [1.807, 2.05) is 20.8 Å². The van der Waals surface area contributed by atoms with Crippen LogP contribution in [0.1, 0.15) is 85.0 Å². The third-order valence-corrected chi connectivity index (χ3v) is 8.46. The fraction of sp³-hybridized carbons (Fsp3) is 0.950. The Kier molecular flexibility index (Phi) is 11.6. The zero-order chi connectivity index (χ0) is 21.0. The number of rotatable bonds is 14. The molecular weight excluding hydrogens is 380 g/mol. The maximum Gasteiger partial charge on any atom is 0.266 e. The lowest BCUT2D eigenvalue weighted by atomic mass is 9.92. The summed E-state index contributed by atoms with van der Waals surface area (Å²) < 4.78 is 32.1. The topological polar surface area (TPSA) is 95.9 Å². The summed E-state index contributed by atoms with van der Waals surface area (Å²) in [6.07, 6.45) is 7.71. The number of carbonyl (C=O) groups excluding carboxylic acids is 1. The molecule has 2 N–H and O–H groups in total. The highest BCUT2D eigenvalue weighted by Gasteiger charge is 2.52. The van der Waals surface area contributed by atoms with Crippen LogP contribution in [0.25, 0.3) is 0 Å². The number of ether oxygens (including phenoxy) is 1. The van der Waals surface area contributed by atoms with Crippen molar-refractivity contribution in [2.45, 2.75) is 89.7 Å². The van der Waals surface area contributed by atoms with Gasteiger partial charge in [-0.15, -0.1) is 0 Å². The highest BCUT2D eigenvalue weighted by Crippen LogP contribution is 2.35. The quantitative estimate of drug-likeness (QED) is 0.255. The van der Waals surface area contributed by atoms with Gasteiger partial charge in [0.1, 0.15) is 0 Å². The number of amides is 1. The first-order chi connectivity index (χ1) is 13.4. The van der Waals surface area contributed by atoms with E-state index in [2.05, 4.69) is 0 Å². The third-order valence-electron chi connectivity index (χ3n) is 5.84. The van der Waals surface area contributed by atoms with Crippen LogP contribution in [-0.2, 0) is 19.6 Å². The van der Waals surface area contributed by atoms with Crippen LogP contribution in [-0.4, -0.2) is 54.9 Å². The van der Waals surface area contributed by atoms with Gasteiger partial charge in [0.15, 0.2) is 4.75 Å². The van der Waals surface area contributed by atoms with Gasteiger partial charge in [0.05, 0.1) is 0 Å². The zero-order valence-electron chi connectivity index (χ0n) is 17.9. The summed E-state index contributed by atoms with van der Waals surface area (Å²) in [5.41, 5.74) is 1.62. The molecule has 166 valence electrons. The van der Waals surface area contributed by atoms with Gasteiger partial charge >= 0.3 is 0 Å². The maximum absolute atomic E-state index is 13.4. The van der Waals surface area contributed by atoms with Crippen molar-refractivity contribution in [3.8, 4) is 0 Å².